The smallest absolute Gasteiger partial charge is 0.167 e. The van der Waals surface area contributed by atoms with Crippen LogP contribution in [0.15, 0.2) is 90.0 Å². The van der Waals surface area contributed by atoms with E-state index in [4.69, 9.17) is 18.9 Å². The van der Waals surface area contributed by atoms with E-state index in [1.807, 2.05) is 13.0 Å². The van der Waals surface area contributed by atoms with Gasteiger partial charge in [-0.15, -0.1) is 0 Å². The van der Waals surface area contributed by atoms with Crippen LogP contribution in [0.3, 0.4) is 0 Å². The first-order valence-corrected chi connectivity index (χ1v) is 17.1. The average molecular weight is 685 g/mol. The van der Waals surface area contributed by atoms with E-state index in [-0.39, 0.29) is 11.6 Å². The Bertz CT molecular complexity index is 1900. The van der Waals surface area contributed by atoms with Crippen molar-refractivity contribution in [3.05, 3.63) is 102 Å². The first-order chi connectivity index (χ1) is 24.2. The fourth-order valence-corrected chi connectivity index (χ4v) is 6.61. The van der Waals surface area contributed by atoms with Gasteiger partial charge in [0.2, 0.25) is 0 Å². The van der Waals surface area contributed by atoms with E-state index in [2.05, 4.69) is 26.3 Å². The summed E-state index contributed by atoms with van der Waals surface area (Å²) in [5.74, 6) is 1.70. The van der Waals surface area contributed by atoms with Crippen LogP contribution in [0, 0.1) is 11.6 Å². The molecule has 9 nitrogen and oxygen atoms in total. The van der Waals surface area contributed by atoms with Crippen molar-refractivity contribution in [3.8, 4) is 23.0 Å². The highest BCUT2D eigenvalue weighted by Crippen LogP contribution is 2.38. The van der Waals surface area contributed by atoms with Crippen LogP contribution in [0.5, 0.6) is 23.0 Å². The van der Waals surface area contributed by atoms with Gasteiger partial charge >= 0.3 is 0 Å². The zero-order chi connectivity index (χ0) is 34.7. The Morgan fingerprint density at radius 3 is 2.58 bits per heavy atom. The van der Waals surface area contributed by atoms with Crippen molar-refractivity contribution in [3.63, 3.8) is 0 Å². The van der Waals surface area contributed by atoms with Crippen LogP contribution in [0.25, 0.3) is 10.9 Å². The van der Waals surface area contributed by atoms with Gasteiger partial charge in [-0.25, -0.2) is 8.78 Å². The number of nitrogens with one attached hydrogen (secondary N) is 1. The number of aliphatic hydroxyl groups is 1. The molecule has 2 N–H and O–H groups in total. The number of halogens is 2. The van der Waals surface area contributed by atoms with E-state index in [0.717, 1.165) is 67.9 Å². The molecule has 0 spiro atoms. The molecule has 4 aromatic rings. The maximum atomic E-state index is 15.5. The molecule has 4 heterocycles. The summed E-state index contributed by atoms with van der Waals surface area (Å²) in [7, 11) is 1.58. The molecule has 2 saturated heterocycles. The molecule has 3 aromatic carbocycles. The highest BCUT2D eigenvalue weighted by Gasteiger charge is 2.28. The number of ether oxygens (including phenoxy) is 4. The SMILES string of the molecule is COc1cc2c(Oc3ccc(NCC4=C5OCCC5=CN(c5ccc(F)cc5)C4)cc3F)ccnc2cc1OCCCN1CCC(C)(O)CC1. The highest BCUT2D eigenvalue weighted by molar-refractivity contribution is 5.88. The van der Waals surface area contributed by atoms with E-state index < -0.39 is 11.4 Å². The zero-order valence-electron chi connectivity index (χ0n) is 28.4. The zero-order valence-corrected chi connectivity index (χ0v) is 28.4. The minimum absolute atomic E-state index is 0.0769. The minimum Gasteiger partial charge on any atom is -0.493 e. The second kappa shape index (κ2) is 14.5. The molecule has 0 saturated carbocycles. The van der Waals surface area contributed by atoms with Gasteiger partial charge in [0.15, 0.2) is 23.1 Å². The van der Waals surface area contributed by atoms with Gasteiger partial charge in [-0.3, -0.25) is 4.98 Å². The van der Waals surface area contributed by atoms with Crippen LogP contribution in [0.2, 0.25) is 0 Å². The molecule has 0 radical (unpaired) electrons. The van der Waals surface area contributed by atoms with Crippen LogP contribution < -0.4 is 24.4 Å². The second-order valence-electron chi connectivity index (χ2n) is 13.3. The lowest BCUT2D eigenvalue weighted by Gasteiger charge is -2.35. The van der Waals surface area contributed by atoms with Gasteiger partial charge in [0, 0.05) is 91.6 Å². The lowest BCUT2D eigenvalue weighted by atomic mass is 9.94. The highest BCUT2D eigenvalue weighted by atomic mass is 19.1. The van der Waals surface area contributed by atoms with Crippen LogP contribution >= 0.6 is 0 Å². The normalized spacial score (nSPS) is 17.3. The van der Waals surface area contributed by atoms with Gasteiger partial charge in [-0.2, -0.15) is 0 Å². The molecule has 11 heteroatoms. The summed E-state index contributed by atoms with van der Waals surface area (Å²) in [6.07, 6.45) is 6.87. The Hall–Kier alpha value is -4.87. The predicted molar refractivity (Wildman–Crippen MR) is 189 cm³/mol. The standard InChI is InChI=1S/C39H42F2N4O5/c1-39(46)12-16-44(17-13-39)15-3-18-48-37-22-33-31(21-36(37)47-2)34(10-14-42-33)50-35-9-6-29(20-32(35)41)43-23-27-25-45(24-26-11-19-49-38(26)27)30-7-4-28(40)5-8-30/h4-10,14,20-22,24,43,46H,3,11-13,15-19,23,25H2,1-2H3. The first-order valence-electron chi connectivity index (χ1n) is 17.1. The molecular weight excluding hydrogens is 642 g/mol. The number of hydrogen-bond acceptors (Lipinski definition) is 9. The fourth-order valence-electron chi connectivity index (χ4n) is 6.61. The number of allylic oxidation sites excluding steroid dienone is 1. The van der Waals surface area contributed by atoms with E-state index >= 15 is 4.39 Å². The molecular formula is C39H42F2N4O5. The molecule has 0 bridgehead atoms. The Balaban J connectivity index is 0.991. The molecule has 3 aliphatic rings. The molecule has 0 atom stereocenters. The quantitative estimate of drug-likeness (QED) is 0.148. The Labute approximate surface area is 290 Å². The molecule has 7 rings (SSSR count). The summed E-state index contributed by atoms with van der Waals surface area (Å²) in [6, 6.07) is 16.5. The monoisotopic (exact) mass is 684 g/mol. The number of likely N-dealkylation sites (tertiary alicyclic amines) is 1. The largest absolute Gasteiger partial charge is 0.493 e. The van der Waals surface area contributed by atoms with Crippen molar-refractivity contribution in [1.29, 1.82) is 0 Å². The number of methoxy groups -OCH3 is 1. The van der Waals surface area contributed by atoms with Gasteiger partial charge < -0.3 is 39.2 Å². The summed E-state index contributed by atoms with van der Waals surface area (Å²) in [6.45, 7) is 6.68. The predicted octanol–water partition coefficient (Wildman–Crippen LogP) is 7.42. The van der Waals surface area contributed by atoms with Crippen molar-refractivity contribution < 1.29 is 32.8 Å². The summed E-state index contributed by atoms with van der Waals surface area (Å²) in [5.41, 5.74) is 3.68. The Morgan fingerprint density at radius 2 is 1.80 bits per heavy atom. The molecule has 3 aliphatic heterocycles. The minimum atomic E-state index is -0.563. The van der Waals surface area contributed by atoms with E-state index in [9.17, 15) is 9.50 Å². The molecule has 0 amide bonds. The van der Waals surface area contributed by atoms with Gasteiger partial charge in [-0.05, 0) is 74.7 Å². The number of benzene rings is 3. The number of pyridine rings is 1. The summed E-state index contributed by atoms with van der Waals surface area (Å²) >= 11 is 0. The molecule has 2 fully saturated rings. The van der Waals surface area contributed by atoms with Crippen LogP contribution in [0.1, 0.15) is 32.6 Å². The average Bonchev–Trinajstić information content (AvgIpc) is 3.60. The number of rotatable bonds is 12. The third-order valence-corrected chi connectivity index (χ3v) is 9.52. The molecule has 0 aliphatic carbocycles. The van der Waals surface area contributed by atoms with E-state index in [0.29, 0.717) is 60.1 Å². The van der Waals surface area contributed by atoms with Gasteiger partial charge in [0.25, 0.3) is 0 Å². The summed E-state index contributed by atoms with van der Waals surface area (Å²) < 4.78 is 52.8. The van der Waals surface area contributed by atoms with Gasteiger partial charge in [-0.1, -0.05) is 0 Å². The lowest BCUT2D eigenvalue weighted by molar-refractivity contribution is -0.00605. The fraction of sp³-hybridized carbons (Fsp3) is 0.359. The maximum Gasteiger partial charge on any atom is 0.167 e. The topological polar surface area (TPSA) is 88.5 Å². The van der Waals surface area contributed by atoms with Crippen molar-refractivity contribution >= 4 is 22.3 Å². The van der Waals surface area contributed by atoms with Crippen molar-refractivity contribution in [1.82, 2.24) is 9.88 Å². The first kappa shape index (κ1) is 33.6. The van der Waals surface area contributed by atoms with E-state index in [1.54, 1.807) is 49.7 Å². The summed E-state index contributed by atoms with van der Waals surface area (Å²) in [4.78, 5) is 8.93. The lowest BCUT2D eigenvalue weighted by Crippen LogP contribution is -2.42. The second-order valence-corrected chi connectivity index (χ2v) is 13.3. The van der Waals surface area contributed by atoms with E-state index in [1.165, 1.54) is 18.2 Å². The third kappa shape index (κ3) is 7.64. The molecule has 50 heavy (non-hydrogen) atoms. The number of hydrogen-bond donors (Lipinski definition) is 2. The third-order valence-electron chi connectivity index (χ3n) is 9.52. The molecule has 1 aromatic heterocycles. The van der Waals surface area contributed by atoms with Crippen LogP contribution in [0.4, 0.5) is 20.2 Å². The van der Waals surface area contributed by atoms with Crippen molar-refractivity contribution in [2.24, 2.45) is 0 Å². The molecule has 262 valence electrons. The van der Waals surface area contributed by atoms with Crippen LogP contribution in [-0.2, 0) is 4.74 Å². The molecule has 0 unspecified atom stereocenters. The summed E-state index contributed by atoms with van der Waals surface area (Å²) in [5, 5.41) is 14.2. The van der Waals surface area contributed by atoms with Gasteiger partial charge in [0.1, 0.15) is 17.3 Å². The number of fused-ring (bicyclic) bond motifs is 2. The maximum absolute atomic E-state index is 15.5. The number of nitrogens with zero attached hydrogens (tertiary/aromatic N) is 3. The number of piperidine rings is 1. The van der Waals surface area contributed by atoms with Crippen LogP contribution in [-0.4, -0.2) is 73.6 Å². The van der Waals surface area contributed by atoms with Gasteiger partial charge in [0.05, 0.1) is 31.4 Å². The Morgan fingerprint density at radius 1 is 0.980 bits per heavy atom. The Kier molecular flexibility index (Phi) is 9.78. The number of anilines is 2. The van der Waals surface area contributed by atoms with Crippen molar-refractivity contribution in [2.45, 2.75) is 38.2 Å². The number of aromatic nitrogens is 1. The van der Waals surface area contributed by atoms with Crippen molar-refractivity contribution in [2.75, 3.05) is 63.3 Å².